The van der Waals surface area contributed by atoms with Crippen molar-refractivity contribution >= 4 is 11.8 Å². The number of hydrogen-bond acceptors (Lipinski definition) is 3. The van der Waals surface area contributed by atoms with Crippen LogP contribution in [0.25, 0.3) is 0 Å². The van der Waals surface area contributed by atoms with Crippen LogP contribution in [0.15, 0.2) is 54.6 Å². The van der Waals surface area contributed by atoms with E-state index in [4.69, 9.17) is 0 Å². The molecule has 2 amide bonds. The number of carbonyl (C=O) groups excluding carboxylic acids is 2. The highest BCUT2D eigenvalue weighted by Gasteiger charge is 2.18. The second kappa shape index (κ2) is 10.5. The predicted octanol–water partition coefficient (Wildman–Crippen LogP) is 2.70. The van der Waals surface area contributed by atoms with Gasteiger partial charge in [0.25, 0.3) is 0 Å². The maximum absolute atomic E-state index is 12.3. The van der Waals surface area contributed by atoms with Gasteiger partial charge in [0.2, 0.25) is 11.8 Å². The third kappa shape index (κ3) is 6.53. The van der Waals surface area contributed by atoms with Gasteiger partial charge in [-0.15, -0.1) is 0 Å². The van der Waals surface area contributed by atoms with E-state index in [0.29, 0.717) is 6.54 Å². The summed E-state index contributed by atoms with van der Waals surface area (Å²) in [5.74, 6) is -0.370. The van der Waals surface area contributed by atoms with Gasteiger partial charge in [0.05, 0.1) is 12.6 Å². The second-order valence-electron chi connectivity index (χ2n) is 6.72. The minimum Gasteiger partial charge on any atom is -0.354 e. The summed E-state index contributed by atoms with van der Waals surface area (Å²) in [5, 5.41) is 8.84. The third-order valence-corrected chi connectivity index (χ3v) is 4.33. The Kier molecular flexibility index (Phi) is 8.01. The lowest BCUT2D eigenvalue weighted by atomic mass is 9.98. The average molecular weight is 367 g/mol. The van der Waals surface area contributed by atoms with Crippen molar-refractivity contribution in [3.05, 3.63) is 71.3 Å². The molecule has 0 heterocycles. The molecule has 2 atom stereocenters. The Labute approximate surface area is 161 Å². The molecule has 5 nitrogen and oxygen atoms in total. The van der Waals surface area contributed by atoms with Crippen molar-refractivity contribution in [1.29, 1.82) is 0 Å². The lowest BCUT2D eigenvalue weighted by Crippen LogP contribution is -2.47. The molecule has 0 saturated heterocycles. The maximum atomic E-state index is 12.3. The van der Waals surface area contributed by atoms with Crippen molar-refractivity contribution in [1.82, 2.24) is 16.0 Å². The number of carbonyl (C=O) groups is 2. The van der Waals surface area contributed by atoms with Crippen molar-refractivity contribution in [2.24, 2.45) is 0 Å². The SMILES string of the molecule is CCCNC(=O)[C@H](C)NC(=O)CN[C@@H](c1ccccc1)c1ccc(C)cc1. The summed E-state index contributed by atoms with van der Waals surface area (Å²) in [6, 6.07) is 17.6. The fourth-order valence-corrected chi connectivity index (χ4v) is 2.79. The number of rotatable bonds is 9. The highest BCUT2D eigenvalue weighted by molar-refractivity contribution is 5.87. The molecule has 3 N–H and O–H groups in total. The first-order valence-corrected chi connectivity index (χ1v) is 9.43. The van der Waals surface area contributed by atoms with Crippen molar-refractivity contribution in [3.8, 4) is 0 Å². The predicted molar refractivity (Wildman–Crippen MR) is 108 cm³/mol. The quantitative estimate of drug-likeness (QED) is 0.638. The maximum Gasteiger partial charge on any atom is 0.242 e. The number of benzene rings is 2. The van der Waals surface area contributed by atoms with Gasteiger partial charge >= 0.3 is 0 Å². The second-order valence-corrected chi connectivity index (χ2v) is 6.72. The smallest absolute Gasteiger partial charge is 0.242 e. The normalized spacial score (nSPS) is 12.9. The molecule has 5 heteroatoms. The summed E-state index contributed by atoms with van der Waals surface area (Å²) in [7, 11) is 0. The van der Waals surface area contributed by atoms with Crippen LogP contribution >= 0.6 is 0 Å². The molecule has 0 saturated carbocycles. The van der Waals surface area contributed by atoms with E-state index in [1.807, 2.05) is 44.2 Å². The molecule has 0 unspecified atom stereocenters. The minimum atomic E-state index is -0.555. The lowest BCUT2D eigenvalue weighted by molar-refractivity contribution is -0.128. The van der Waals surface area contributed by atoms with Crippen LogP contribution < -0.4 is 16.0 Å². The molecular formula is C22H29N3O2. The summed E-state index contributed by atoms with van der Waals surface area (Å²) in [4.78, 5) is 24.2. The highest BCUT2D eigenvalue weighted by Crippen LogP contribution is 2.22. The van der Waals surface area contributed by atoms with E-state index in [0.717, 1.165) is 17.5 Å². The van der Waals surface area contributed by atoms with Crippen LogP contribution in [0, 0.1) is 6.92 Å². The standard InChI is InChI=1S/C22H29N3O2/c1-4-14-23-22(27)17(3)25-20(26)15-24-21(18-8-6-5-7-9-18)19-12-10-16(2)11-13-19/h5-13,17,21,24H,4,14-15H2,1-3H3,(H,23,27)(H,25,26)/t17-,21-/m0/s1. The van der Waals surface area contributed by atoms with Crippen molar-refractivity contribution in [2.75, 3.05) is 13.1 Å². The van der Waals surface area contributed by atoms with Gasteiger partial charge in [0.15, 0.2) is 0 Å². The Morgan fingerprint density at radius 1 is 0.963 bits per heavy atom. The highest BCUT2D eigenvalue weighted by atomic mass is 16.2. The van der Waals surface area contributed by atoms with Gasteiger partial charge in [-0.25, -0.2) is 0 Å². The number of nitrogens with one attached hydrogen (secondary N) is 3. The molecule has 0 aromatic heterocycles. The third-order valence-electron chi connectivity index (χ3n) is 4.33. The van der Waals surface area contributed by atoms with Gasteiger partial charge in [0.1, 0.15) is 6.04 Å². The molecule has 0 spiro atoms. The van der Waals surface area contributed by atoms with E-state index in [9.17, 15) is 9.59 Å². The van der Waals surface area contributed by atoms with Gasteiger partial charge < -0.3 is 10.6 Å². The summed E-state index contributed by atoms with van der Waals surface area (Å²) < 4.78 is 0. The first kappa shape index (κ1) is 20.6. The van der Waals surface area contributed by atoms with Gasteiger partial charge in [-0.05, 0) is 31.4 Å². The number of aryl methyl sites for hydroxylation is 1. The zero-order chi connectivity index (χ0) is 19.6. The van der Waals surface area contributed by atoms with E-state index in [-0.39, 0.29) is 24.4 Å². The monoisotopic (exact) mass is 367 g/mol. The Balaban J connectivity index is 2.00. The van der Waals surface area contributed by atoms with E-state index in [1.54, 1.807) is 6.92 Å². The van der Waals surface area contributed by atoms with Crippen LogP contribution in [-0.2, 0) is 9.59 Å². The minimum absolute atomic E-state index is 0.0956. The molecular weight excluding hydrogens is 338 g/mol. The lowest BCUT2D eigenvalue weighted by Gasteiger charge is -2.21. The van der Waals surface area contributed by atoms with Crippen LogP contribution in [0.2, 0.25) is 0 Å². The van der Waals surface area contributed by atoms with Gasteiger partial charge in [0, 0.05) is 6.54 Å². The van der Waals surface area contributed by atoms with Crippen LogP contribution in [0.5, 0.6) is 0 Å². The largest absolute Gasteiger partial charge is 0.354 e. The molecule has 0 radical (unpaired) electrons. The average Bonchev–Trinajstić information content (AvgIpc) is 2.68. The van der Waals surface area contributed by atoms with Crippen LogP contribution in [-0.4, -0.2) is 30.9 Å². The molecule has 0 aliphatic rings. The fourth-order valence-electron chi connectivity index (χ4n) is 2.79. The fraction of sp³-hybridized carbons (Fsp3) is 0.364. The van der Waals surface area contributed by atoms with Crippen molar-refractivity contribution in [2.45, 2.75) is 39.3 Å². The Morgan fingerprint density at radius 3 is 2.22 bits per heavy atom. The van der Waals surface area contributed by atoms with E-state index in [1.165, 1.54) is 5.56 Å². The van der Waals surface area contributed by atoms with E-state index in [2.05, 4.69) is 40.2 Å². The molecule has 2 rings (SSSR count). The first-order chi connectivity index (χ1) is 13.0. The molecule has 0 aliphatic heterocycles. The van der Waals surface area contributed by atoms with Crippen molar-refractivity contribution < 1.29 is 9.59 Å². The van der Waals surface area contributed by atoms with Crippen LogP contribution in [0.3, 0.4) is 0 Å². The van der Waals surface area contributed by atoms with Crippen LogP contribution in [0.4, 0.5) is 0 Å². The molecule has 144 valence electrons. The summed E-state index contributed by atoms with van der Waals surface area (Å²) in [5.41, 5.74) is 3.37. The summed E-state index contributed by atoms with van der Waals surface area (Å²) in [6.45, 7) is 6.46. The van der Waals surface area contributed by atoms with Crippen LogP contribution in [0.1, 0.15) is 43.0 Å². The molecule has 0 aliphatic carbocycles. The van der Waals surface area contributed by atoms with E-state index < -0.39 is 6.04 Å². The Bertz CT molecular complexity index is 729. The molecule has 27 heavy (non-hydrogen) atoms. The summed E-state index contributed by atoms with van der Waals surface area (Å²) >= 11 is 0. The topological polar surface area (TPSA) is 70.2 Å². The van der Waals surface area contributed by atoms with Crippen molar-refractivity contribution in [3.63, 3.8) is 0 Å². The molecule has 2 aromatic carbocycles. The zero-order valence-electron chi connectivity index (χ0n) is 16.3. The molecule has 0 bridgehead atoms. The number of amides is 2. The van der Waals surface area contributed by atoms with Gasteiger partial charge in [-0.2, -0.15) is 0 Å². The Morgan fingerprint density at radius 2 is 1.59 bits per heavy atom. The van der Waals surface area contributed by atoms with Gasteiger partial charge in [-0.3, -0.25) is 14.9 Å². The summed E-state index contributed by atoms with van der Waals surface area (Å²) in [6.07, 6.45) is 0.864. The van der Waals surface area contributed by atoms with Gasteiger partial charge in [-0.1, -0.05) is 67.1 Å². The first-order valence-electron chi connectivity index (χ1n) is 9.43. The zero-order valence-corrected chi connectivity index (χ0v) is 16.3. The Hall–Kier alpha value is -2.66. The molecule has 2 aromatic rings. The number of hydrogen-bond donors (Lipinski definition) is 3. The van der Waals surface area contributed by atoms with E-state index >= 15 is 0 Å². The molecule has 0 fully saturated rings.